The molecule has 8 nitrogen and oxygen atoms in total. The number of rotatable bonds is 11. The fraction of sp³-hybridized carbons (Fsp3) is 0.227. The van der Waals surface area contributed by atoms with Gasteiger partial charge in [0, 0.05) is 17.5 Å². The zero-order valence-corrected chi connectivity index (χ0v) is 20.4. The summed E-state index contributed by atoms with van der Waals surface area (Å²) in [4.78, 5) is 13.1. The number of anilines is 1. The van der Waals surface area contributed by atoms with Gasteiger partial charge in [0.05, 0.1) is 76.8 Å². The van der Waals surface area contributed by atoms with Crippen molar-refractivity contribution in [1.82, 2.24) is 15.0 Å². The quantitative estimate of drug-likeness (QED) is 0.234. The summed E-state index contributed by atoms with van der Waals surface area (Å²) in [6, 6.07) is 12.9. The molecule has 0 aliphatic rings. The van der Waals surface area contributed by atoms with E-state index in [2.05, 4.69) is 26.3 Å². The van der Waals surface area contributed by atoms with Crippen molar-refractivity contribution in [3.63, 3.8) is 0 Å². The number of hydrogen-bond acceptors (Lipinski definition) is 9. The van der Waals surface area contributed by atoms with Crippen molar-refractivity contribution < 1.29 is 9.47 Å². The molecule has 0 amide bonds. The Kier molecular flexibility index (Phi) is 9.42. The van der Waals surface area contributed by atoms with E-state index in [1.165, 1.54) is 18.0 Å². The first-order valence-corrected chi connectivity index (χ1v) is 11.6. The topological polar surface area (TPSA) is 117 Å². The monoisotopic (exact) mass is 492 g/mol. The van der Waals surface area contributed by atoms with Crippen LogP contribution in [0.25, 0.3) is 11.3 Å². The van der Waals surface area contributed by atoms with Gasteiger partial charge in [0.2, 0.25) is 0 Å². The minimum absolute atomic E-state index is 0.000586. The molecule has 3 aromatic heterocycles. The molecule has 0 aliphatic carbocycles. The summed E-state index contributed by atoms with van der Waals surface area (Å²) < 4.78 is 10.5. The van der Waals surface area contributed by atoms with E-state index in [1.54, 1.807) is 24.4 Å². The first-order valence-electron chi connectivity index (χ1n) is 10.7. The van der Waals surface area contributed by atoms with Crippen LogP contribution in [-0.2, 0) is 10.5 Å². The van der Waals surface area contributed by atoms with Gasteiger partial charge < -0.3 is 14.8 Å². The minimum Gasteiger partial charge on any atom is -0.490 e. The summed E-state index contributed by atoms with van der Waals surface area (Å²) in [6.07, 6.45) is 3.08. The molecule has 0 unspecified atom stereocenters. The zero-order valence-electron chi connectivity index (χ0n) is 19.6. The highest BCUT2D eigenvalue weighted by atomic mass is 32.2. The molecule has 0 bridgehead atoms. The molecule has 0 saturated heterocycles. The summed E-state index contributed by atoms with van der Waals surface area (Å²) in [5, 5.41) is 19.3. The summed E-state index contributed by atoms with van der Waals surface area (Å²) in [6.45, 7) is 0.141. The number of nitrogens with zero attached hydrogens (tertiary/aromatic N) is 5. The van der Waals surface area contributed by atoms with Gasteiger partial charge in [-0.1, -0.05) is 23.1 Å². The lowest BCUT2D eigenvalue weighted by Crippen LogP contribution is -2.40. The predicted octanol–water partition coefficient (Wildman–Crippen LogP) is 0.615. The minimum atomic E-state index is -1.88. The smallest absolute Gasteiger partial charge is 0.144 e. The second-order valence-corrected chi connectivity index (χ2v) is 8.68. The van der Waals surface area contributed by atoms with E-state index < -0.39 is 10.5 Å². The van der Waals surface area contributed by atoms with Gasteiger partial charge in [0.15, 0.2) is 0 Å². The van der Waals surface area contributed by atoms with Crippen LogP contribution in [0.2, 0.25) is 0 Å². The molecule has 3 rings (SSSR count). The summed E-state index contributed by atoms with van der Waals surface area (Å²) in [5.41, 5.74) is 1.43. The Bertz CT molecular complexity index is 1310. The fourth-order valence-corrected chi connectivity index (χ4v) is 3.95. The van der Waals surface area contributed by atoms with Gasteiger partial charge in [-0.2, -0.15) is 10.5 Å². The SMILES string of the molecule is [B]C([B])([B])Nc1nc(SCc2ccccn2)c(C#N)c(-c2ccc(OCCOC([B])([B])[B])cn2)c1C#N. The highest BCUT2D eigenvalue weighted by molar-refractivity contribution is 7.98. The van der Waals surface area contributed by atoms with E-state index in [9.17, 15) is 10.5 Å². The third kappa shape index (κ3) is 8.38. The van der Waals surface area contributed by atoms with Crippen LogP contribution in [0.5, 0.6) is 5.75 Å². The average molecular weight is 491 g/mol. The Balaban J connectivity index is 1.98. The van der Waals surface area contributed by atoms with Crippen LogP contribution >= 0.6 is 11.8 Å². The van der Waals surface area contributed by atoms with E-state index in [4.69, 9.17) is 56.6 Å². The number of ether oxygens (including phenoxy) is 2. The molecule has 37 heavy (non-hydrogen) atoms. The van der Waals surface area contributed by atoms with E-state index >= 15 is 0 Å². The van der Waals surface area contributed by atoms with E-state index in [0.29, 0.717) is 22.2 Å². The normalized spacial score (nSPS) is 11.3. The van der Waals surface area contributed by atoms with Crippen molar-refractivity contribution in [1.29, 1.82) is 10.5 Å². The first kappa shape index (κ1) is 28.3. The Morgan fingerprint density at radius 2 is 1.70 bits per heavy atom. The van der Waals surface area contributed by atoms with Crippen molar-refractivity contribution in [2.75, 3.05) is 18.5 Å². The van der Waals surface area contributed by atoms with Crippen LogP contribution in [-0.4, -0.2) is 85.8 Å². The molecular formula is C22H14B6N6O2S. The largest absolute Gasteiger partial charge is 0.490 e. The number of nitriles is 2. The maximum atomic E-state index is 10.0. The number of nitrogens with one attached hydrogen (secondary N) is 1. The van der Waals surface area contributed by atoms with Crippen LogP contribution in [0.1, 0.15) is 16.8 Å². The number of aromatic nitrogens is 3. The second-order valence-electron chi connectivity index (χ2n) is 7.71. The van der Waals surface area contributed by atoms with Crippen LogP contribution in [0.4, 0.5) is 5.82 Å². The summed E-state index contributed by atoms with van der Waals surface area (Å²) in [7, 11) is 33.2. The lowest BCUT2D eigenvalue weighted by atomic mass is 9.49. The van der Waals surface area contributed by atoms with Crippen molar-refractivity contribution in [2.24, 2.45) is 0 Å². The molecule has 12 radical (unpaired) electrons. The first-order chi connectivity index (χ1) is 17.5. The molecule has 0 aromatic carbocycles. The van der Waals surface area contributed by atoms with Crippen molar-refractivity contribution in [2.45, 2.75) is 21.3 Å². The maximum Gasteiger partial charge on any atom is 0.144 e. The van der Waals surface area contributed by atoms with Crippen molar-refractivity contribution in [3.05, 3.63) is 59.5 Å². The number of thioether (sulfide) groups is 1. The Morgan fingerprint density at radius 1 is 0.946 bits per heavy atom. The predicted molar refractivity (Wildman–Crippen MR) is 146 cm³/mol. The third-order valence-electron chi connectivity index (χ3n) is 4.50. The molecule has 3 aromatic rings. The van der Waals surface area contributed by atoms with Gasteiger partial charge in [0.25, 0.3) is 0 Å². The summed E-state index contributed by atoms with van der Waals surface area (Å²) >= 11 is 1.25. The molecule has 168 valence electrons. The van der Waals surface area contributed by atoms with Gasteiger partial charge >= 0.3 is 0 Å². The van der Waals surface area contributed by atoms with Crippen LogP contribution < -0.4 is 10.1 Å². The van der Waals surface area contributed by atoms with Crippen LogP contribution in [0, 0.1) is 22.7 Å². The third-order valence-corrected chi connectivity index (χ3v) is 5.51. The van der Waals surface area contributed by atoms with Gasteiger partial charge in [-0.25, -0.2) is 4.98 Å². The average Bonchev–Trinajstić information content (AvgIpc) is 2.84. The molecule has 3 heterocycles. The van der Waals surface area contributed by atoms with Gasteiger partial charge in [-0.3, -0.25) is 9.97 Å². The Morgan fingerprint density at radius 3 is 2.27 bits per heavy atom. The fourth-order valence-electron chi connectivity index (χ4n) is 3.05. The van der Waals surface area contributed by atoms with Gasteiger partial charge in [-0.15, -0.1) is 0 Å². The standard InChI is InChI=1S/C22H14B6N6O2S/c23-21(24,25)34-19-15(9-29)18(16(10-30)20(33-19)37-12-13-3-1-2-6-31-13)17-5-4-14(11-32-17)35-7-8-36-22(26,27)28/h1-6,11H,7-8,12H2,(H,33,34). The van der Waals surface area contributed by atoms with Crippen molar-refractivity contribution in [3.8, 4) is 29.1 Å². The molecular weight excluding hydrogens is 477 g/mol. The van der Waals surface area contributed by atoms with Gasteiger partial charge in [0.1, 0.15) is 40.9 Å². The number of hydrogen-bond donors (Lipinski definition) is 1. The molecule has 0 atom stereocenters. The van der Waals surface area contributed by atoms with Crippen LogP contribution in [0.15, 0.2) is 47.8 Å². The second kappa shape index (κ2) is 12.3. The van der Waals surface area contributed by atoms with Crippen molar-refractivity contribution >= 4 is 64.7 Å². The lowest BCUT2D eigenvalue weighted by molar-refractivity contribution is 0.0948. The summed E-state index contributed by atoms with van der Waals surface area (Å²) in [5.74, 6) is 0.799. The van der Waals surface area contributed by atoms with E-state index in [1.807, 2.05) is 18.2 Å². The van der Waals surface area contributed by atoms with E-state index in [0.717, 1.165) is 5.69 Å². The van der Waals surface area contributed by atoms with Gasteiger partial charge in [-0.05, 0) is 29.6 Å². The molecule has 1 N–H and O–H groups in total. The maximum absolute atomic E-state index is 10.0. The highest BCUT2D eigenvalue weighted by Gasteiger charge is 2.24. The molecule has 0 aliphatic heterocycles. The molecule has 0 fully saturated rings. The zero-order chi connectivity index (χ0) is 27.1. The Hall–Kier alpha value is -3.27. The number of pyridine rings is 3. The van der Waals surface area contributed by atoms with Crippen LogP contribution in [0.3, 0.4) is 0 Å². The van der Waals surface area contributed by atoms with E-state index in [-0.39, 0.29) is 35.7 Å². The highest BCUT2D eigenvalue weighted by Crippen LogP contribution is 2.37. The molecule has 15 heteroatoms. The Labute approximate surface area is 227 Å². The molecule has 0 spiro atoms. The molecule has 0 saturated carbocycles. The lowest BCUT2D eigenvalue weighted by Gasteiger charge is -2.25.